The van der Waals surface area contributed by atoms with E-state index in [1.54, 1.807) is 6.07 Å². The van der Waals surface area contributed by atoms with Gasteiger partial charge in [-0.15, -0.1) is 0 Å². The summed E-state index contributed by atoms with van der Waals surface area (Å²) in [5, 5.41) is 0.400. The molecule has 0 fully saturated rings. The summed E-state index contributed by atoms with van der Waals surface area (Å²) in [6, 6.07) is 12.5. The molecule has 0 spiro atoms. The second-order valence-electron chi connectivity index (χ2n) is 7.05. The van der Waals surface area contributed by atoms with Crippen LogP contribution in [0.1, 0.15) is 30.9 Å². The molecule has 3 nitrogen and oxygen atoms in total. The number of hydrogen-bond donors (Lipinski definition) is 0. The largest absolute Gasteiger partial charge is 0.436 e. The van der Waals surface area contributed by atoms with Gasteiger partial charge in [0.1, 0.15) is 16.9 Å². The van der Waals surface area contributed by atoms with E-state index in [0.717, 1.165) is 26.7 Å². The Morgan fingerprint density at radius 3 is 2.71 bits per heavy atom. The van der Waals surface area contributed by atoms with Gasteiger partial charge in [-0.2, -0.15) is 4.57 Å². The predicted octanol–water partition coefficient (Wildman–Crippen LogP) is 6.51. The number of hydrogen-bond acceptors (Lipinski definition) is 2. The number of pyridine rings is 1. The second-order valence-corrected chi connectivity index (χ2v) is 8.37. The number of nitrogens with zero attached hydrogens (tertiary/aromatic N) is 2. The van der Waals surface area contributed by atoms with Crippen molar-refractivity contribution < 1.29 is 13.4 Å². The summed E-state index contributed by atoms with van der Waals surface area (Å²) < 4.78 is 22.1. The Balaban J connectivity index is 1.71. The molecule has 4 rings (SSSR count). The van der Waals surface area contributed by atoms with Crippen LogP contribution in [0.3, 0.4) is 0 Å². The average molecular weight is 461 g/mol. The first-order chi connectivity index (χ1) is 13.4. The van der Waals surface area contributed by atoms with E-state index in [0.29, 0.717) is 23.4 Å². The summed E-state index contributed by atoms with van der Waals surface area (Å²) in [7, 11) is 0. The lowest BCUT2D eigenvalue weighted by Crippen LogP contribution is -2.34. The van der Waals surface area contributed by atoms with Crippen LogP contribution in [0.25, 0.3) is 22.6 Å². The summed E-state index contributed by atoms with van der Waals surface area (Å²) in [5.41, 5.74) is 4.50. The minimum absolute atomic E-state index is 0.346. The van der Waals surface area contributed by atoms with Crippen molar-refractivity contribution in [2.45, 2.75) is 26.3 Å². The van der Waals surface area contributed by atoms with Crippen molar-refractivity contribution in [1.82, 2.24) is 4.98 Å². The van der Waals surface area contributed by atoms with Gasteiger partial charge < -0.3 is 4.42 Å². The zero-order chi connectivity index (χ0) is 19.8. The van der Waals surface area contributed by atoms with Crippen LogP contribution in [0.15, 0.2) is 63.7 Å². The monoisotopic (exact) mass is 459 g/mol. The third kappa shape index (κ3) is 3.96. The maximum Gasteiger partial charge on any atom is 0.233 e. The molecule has 0 radical (unpaired) electrons. The van der Waals surface area contributed by atoms with Gasteiger partial charge in [0.05, 0.1) is 9.50 Å². The topological polar surface area (TPSA) is 29.9 Å². The molecule has 0 saturated heterocycles. The fourth-order valence-electron chi connectivity index (χ4n) is 3.08. The van der Waals surface area contributed by atoms with Crippen LogP contribution in [-0.4, -0.2) is 4.98 Å². The molecule has 0 aliphatic carbocycles. The van der Waals surface area contributed by atoms with Gasteiger partial charge in [-0.25, -0.2) is 9.37 Å². The van der Waals surface area contributed by atoms with Crippen LogP contribution in [0.4, 0.5) is 4.39 Å². The molecule has 0 aliphatic rings. The Morgan fingerprint density at radius 1 is 1.14 bits per heavy atom. The number of halogens is 3. The highest BCUT2D eigenvalue weighted by Crippen LogP contribution is 2.28. The van der Waals surface area contributed by atoms with Crippen LogP contribution in [0.5, 0.6) is 0 Å². The van der Waals surface area contributed by atoms with E-state index >= 15 is 0 Å². The Labute approximate surface area is 175 Å². The highest BCUT2D eigenvalue weighted by Gasteiger charge is 2.16. The summed E-state index contributed by atoms with van der Waals surface area (Å²) in [6.07, 6.45) is 3.88. The Morgan fingerprint density at radius 2 is 1.96 bits per heavy atom. The minimum atomic E-state index is -0.346. The van der Waals surface area contributed by atoms with Crippen LogP contribution >= 0.6 is 27.5 Å². The molecule has 4 aromatic rings. The Hall–Kier alpha value is -2.24. The lowest BCUT2D eigenvalue weighted by Gasteiger charge is -2.03. The predicted molar refractivity (Wildman–Crippen MR) is 112 cm³/mol. The van der Waals surface area contributed by atoms with Crippen molar-refractivity contribution in [3.8, 4) is 11.5 Å². The Kier molecular flexibility index (Phi) is 5.21. The van der Waals surface area contributed by atoms with Gasteiger partial charge in [0.15, 0.2) is 24.5 Å². The molecule has 0 atom stereocenters. The third-order valence-electron chi connectivity index (χ3n) is 4.58. The lowest BCUT2D eigenvalue weighted by atomic mass is 10.0. The van der Waals surface area contributed by atoms with E-state index in [1.165, 1.54) is 17.7 Å². The van der Waals surface area contributed by atoms with Gasteiger partial charge >= 0.3 is 0 Å². The minimum Gasteiger partial charge on any atom is -0.436 e. The molecule has 6 heteroatoms. The summed E-state index contributed by atoms with van der Waals surface area (Å²) in [6.45, 7) is 4.81. The summed E-state index contributed by atoms with van der Waals surface area (Å²) in [4.78, 5) is 4.67. The SMILES string of the molecule is CC(C)c1ccc2oc(-c3cc(Br)c[n+](Cc4ccc(F)cc4Cl)c3)nc2c1. The van der Waals surface area contributed by atoms with E-state index in [1.807, 2.05) is 29.1 Å². The van der Waals surface area contributed by atoms with Crippen LogP contribution in [0, 0.1) is 5.82 Å². The van der Waals surface area contributed by atoms with Gasteiger partial charge in [-0.05, 0) is 63.8 Å². The third-order valence-corrected chi connectivity index (χ3v) is 5.37. The first-order valence-corrected chi connectivity index (χ1v) is 10.1. The summed E-state index contributed by atoms with van der Waals surface area (Å²) >= 11 is 9.72. The van der Waals surface area contributed by atoms with Gasteiger partial charge in [-0.3, -0.25) is 0 Å². The zero-order valence-corrected chi connectivity index (χ0v) is 17.8. The molecule has 0 N–H and O–H groups in total. The van der Waals surface area contributed by atoms with Crippen molar-refractivity contribution in [3.63, 3.8) is 0 Å². The molecule has 0 amide bonds. The molecule has 0 saturated carbocycles. The summed E-state index contributed by atoms with van der Waals surface area (Å²) in [5.74, 6) is 0.634. The van der Waals surface area contributed by atoms with Gasteiger partial charge in [0.25, 0.3) is 0 Å². The molecule has 0 bridgehead atoms. The van der Waals surface area contributed by atoms with Crippen LogP contribution < -0.4 is 4.57 Å². The molecule has 28 heavy (non-hydrogen) atoms. The number of fused-ring (bicyclic) bond motifs is 1. The fraction of sp³-hybridized carbons (Fsp3) is 0.182. The highest BCUT2D eigenvalue weighted by atomic mass is 79.9. The standard InChI is InChI=1S/C22H18BrClFN2O/c1-13(2)14-4-6-21-20(8-14)26-22(28-21)16-7-17(23)12-27(11-16)10-15-3-5-18(25)9-19(15)24/h3-9,11-13H,10H2,1-2H3/q+1. The molecular formula is C22H18BrClFN2O+. The highest BCUT2D eigenvalue weighted by molar-refractivity contribution is 9.10. The van der Waals surface area contributed by atoms with Crippen LogP contribution in [0.2, 0.25) is 5.02 Å². The lowest BCUT2D eigenvalue weighted by molar-refractivity contribution is -0.688. The first kappa shape index (κ1) is 19.1. The fourth-order valence-corrected chi connectivity index (χ4v) is 3.82. The molecule has 0 unspecified atom stereocenters. The number of rotatable bonds is 4. The van der Waals surface area contributed by atoms with Crippen molar-refractivity contribution >= 4 is 38.6 Å². The number of benzene rings is 2. The number of oxazole rings is 1. The van der Waals surface area contributed by atoms with Crippen molar-refractivity contribution in [3.05, 3.63) is 81.3 Å². The molecule has 2 heterocycles. The molecule has 0 aliphatic heterocycles. The molecule has 2 aromatic heterocycles. The van der Waals surface area contributed by atoms with Crippen molar-refractivity contribution in [1.29, 1.82) is 0 Å². The van der Waals surface area contributed by atoms with E-state index in [9.17, 15) is 4.39 Å². The van der Waals surface area contributed by atoms with E-state index in [-0.39, 0.29) is 5.82 Å². The van der Waals surface area contributed by atoms with Crippen molar-refractivity contribution in [2.24, 2.45) is 0 Å². The smallest absolute Gasteiger partial charge is 0.233 e. The van der Waals surface area contributed by atoms with Crippen LogP contribution in [-0.2, 0) is 6.54 Å². The molecule has 142 valence electrons. The zero-order valence-electron chi connectivity index (χ0n) is 15.4. The molecular weight excluding hydrogens is 443 g/mol. The Bertz CT molecular complexity index is 1170. The normalized spacial score (nSPS) is 11.5. The van der Waals surface area contributed by atoms with Crippen molar-refractivity contribution in [2.75, 3.05) is 0 Å². The molecule has 2 aromatic carbocycles. The van der Waals surface area contributed by atoms with Gasteiger partial charge in [0, 0.05) is 5.56 Å². The van der Waals surface area contributed by atoms with E-state index in [2.05, 4.69) is 46.9 Å². The van der Waals surface area contributed by atoms with Gasteiger partial charge in [0.2, 0.25) is 5.89 Å². The maximum absolute atomic E-state index is 13.3. The first-order valence-electron chi connectivity index (χ1n) is 8.93. The van der Waals surface area contributed by atoms with E-state index in [4.69, 9.17) is 16.0 Å². The number of aromatic nitrogens is 2. The average Bonchev–Trinajstić information content (AvgIpc) is 3.07. The van der Waals surface area contributed by atoms with Gasteiger partial charge in [-0.1, -0.05) is 31.5 Å². The van der Waals surface area contributed by atoms with E-state index < -0.39 is 0 Å². The second kappa shape index (κ2) is 7.64. The quantitative estimate of drug-likeness (QED) is 0.325. The maximum atomic E-state index is 13.3.